The Kier molecular flexibility index (Phi) is 4.90. The van der Waals surface area contributed by atoms with Crippen molar-refractivity contribution in [2.45, 2.75) is 0 Å². The van der Waals surface area contributed by atoms with E-state index in [0.29, 0.717) is 10.8 Å². The van der Waals surface area contributed by atoms with Crippen LogP contribution in [-0.4, -0.2) is 30.1 Å². The number of nitrogens with zero attached hydrogens (tertiary/aromatic N) is 5. The van der Waals surface area contributed by atoms with Gasteiger partial charge >= 0.3 is 0 Å². The average molecular weight is 467 g/mol. The second kappa shape index (κ2) is 8.20. The number of benzene rings is 2. The third-order valence-corrected chi connectivity index (χ3v) is 6.55. The van der Waals surface area contributed by atoms with Gasteiger partial charge in [-0.1, -0.05) is 48.0 Å². The maximum absolute atomic E-state index is 5.97. The maximum Gasteiger partial charge on any atom is 0.177 e. The molecule has 158 valence electrons. The minimum Gasteiger partial charge on any atom is -0.274 e. The van der Waals surface area contributed by atoms with Gasteiger partial charge in [0.05, 0.1) is 10.4 Å². The standard InChI is InChI=1S/C25H15ClN6S/c26-19-9-7-15(8-10-19)18-13-28-23(29-14-18)21-12-20(31-32-21)16-3-5-17(6-4-16)25-30-24-22(33-25)2-1-11-27-24/h1-14H,(H,31,32). The molecule has 4 heterocycles. The first-order valence-corrected chi connectivity index (χ1v) is 11.4. The first-order valence-electron chi connectivity index (χ1n) is 10.2. The van der Waals surface area contributed by atoms with Crippen LogP contribution >= 0.6 is 22.9 Å². The van der Waals surface area contributed by atoms with Crippen LogP contribution in [-0.2, 0) is 0 Å². The van der Waals surface area contributed by atoms with Crippen LogP contribution in [0.2, 0.25) is 5.02 Å². The van der Waals surface area contributed by atoms with Crippen molar-refractivity contribution >= 4 is 33.3 Å². The van der Waals surface area contributed by atoms with E-state index in [1.165, 1.54) is 0 Å². The lowest BCUT2D eigenvalue weighted by Crippen LogP contribution is -1.90. The topological polar surface area (TPSA) is 80.2 Å². The highest BCUT2D eigenvalue weighted by Gasteiger charge is 2.11. The molecule has 6 aromatic rings. The van der Waals surface area contributed by atoms with Crippen LogP contribution in [0.15, 0.2) is 85.3 Å². The first-order chi connectivity index (χ1) is 16.2. The Balaban J connectivity index is 1.23. The van der Waals surface area contributed by atoms with Crippen LogP contribution in [0.3, 0.4) is 0 Å². The van der Waals surface area contributed by atoms with Crippen LogP contribution in [0.25, 0.3) is 54.8 Å². The molecular weight excluding hydrogens is 452 g/mol. The fraction of sp³-hybridized carbons (Fsp3) is 0. The predicted molar refractivity (Wildman–Crippen MR) is 132 cm³/mol. The van der Waals surface area contributed by atoms with Crippen molar-refractivity contribution in [2.24, 2.45) is 0 Å². The summed E-state index contributed by atoms with van der Waals surface area (Å²) in [7, 11) is 0. The van der Waals surface area contributed by atoms with Gasteiger partial charge < -0.3 is 0 Å². The SMILES string of the molecule is Clc1ccc(-c2cnc(-c3cc(-c4ccc(-c5nc6ncccc6s5)cc4)n[nH]3)nc2)cc1. The van der Waals surface area contributed by atoms with E-state index in [-0.39, 0.29) is 0 Å². The zero-order valence-corrected chi connectivity index (χ0v) is 18.7. The Hall–Kier alpha value is -3.94. The molecule has 6 rings (SSSR count). The molecule has 0 bridgehead atoms. The average Bonchev–Trinajstić information content (AvgIpc) is 3.53. The third-order valence-electron chi connectivity index (χ3n) is 5.24. The minimum absolute atomic E-state index is 0.588. The van der Waals surface area contributed by atoms with Crippen molar-refractivity contribution in [3.05, 3.63) is 90.3 Å². The highest BCUT2D eigenvalue weighted by atomic mass is 35.5. The molecule has 2 aromatic carbocycles. The summed E-state index contributed by atoms with van der Waals surface area (Å²) in [5.41, 5.74) is 6.36. The van der Waals surface area contributed by atoms with Gasteiger partial charge in [-0.2, -0.15) is 5.10 Å². The second-order valence-corrected chi connectivity index (χ2v) is 8.86. The van der Waals surface area contributed by atoms with Gasteiger partial charge in [-0.3, -0.25) is 5.10 Å². The van der Waals surface area contributed by atoms with E-state index in [0.717, 1.165) is 49.0 Å². The van der Waals surface area contributed by atoms with Crippen LogP contribution in [0.4, 0.5) is 0 Å². The van der Waals surface area contributed by atoms with Gasteiger partial charge in [0.1, 0.15) is 10.7 Å². The lowest BCUT2D eigenvalue weighted by Gasteiger charge is -2.02. The van der Waals surface area contributed by atoms with Crippen molar-refractivity contribution in [1.29, 1.82) is 0 Å². The monoisotopic (exact) mass is 466 g/mol. The summed E-state index contributed by atoms with van der Waals surface area (Å²) in [6, 6.07) is 21.7. The largest absolute Gasteiger partial charge is 0.274 e. The Labute approximate surface area is 198 Å². The number of nitrogens with one attached hydrogen (secondary N) is 1. The molecule has 8 heteroatoms. The van der Waals surface area contributed by atoms with Gasteiger partial charge in [-0.05, 0) is 35.9 Å². The predicted octanol–water partition coefficient (Wildman–Crippen LogP) is 6.53. The van der Waals surface area contributed by atoms with E-state index in [1.807, 2.05) is 54.6 Å². The van der Waals surface area contributed by atoms with Crippen molar-refractivity contribution < 1.29 is 0 Å². The van der Waals surface area contributed by atoms with E-state index in [2.05, 4.69) is 42.3 Å². The highest BCUT2D eigenvalue weighted by Crippen LogP contribution is 2.31. The summed E-state index contributed by atoms with van der Waals surface area (Å²) < 4.78 is 1.08. The molecule has 0 atom stereocenters. The van der Waals surface area contributed by atoms with E-state index in [1.54, 1.807) is 29.9 Å². The van der Waals surface area contributed by atoms with Crippen LogP contribution in [0, 0.1) is 0 Å². The summed E-state index contributed by atoms with van der Waals surface area (Å²) in [6.07, 6.45) is 5.36. The molecule has 0 spiro atoms. The van der Waals surface area contributed by atoms with Gasteiger partial charge in [0.25, 0.3) is 0 Å². The molecule has 0 aliphatic heterocycles. The lowest BCUT2D eigenvalue weighted by molar-refractivity contribution is 1.07. The molecule has 4 aromatic heterocycles. The van der Waals surface area contributed by atoms with Crippen LogP contribution in [0.1, 0.15) is 0 Å². The zero-order chi connectivity index (χ0) is 22.2. The number of aromatic amines is 1. The van der Waals surface area contributed by atoms with E-state index in [4.69, 9.17) is 11.6 Å². The smallest absolute Gasteiger partial charge is 0.177 e. The van der Waals surface area contributed by atoms with E-state index in [9.17, 15) is 0 Å². The Morgan fingerprint density at radius 2 is 1.48 bits per heavy atom. The van der Waals surface area contributed by atoms with Gasteiger partial charge in [0.2, 0.25) is 0 Å². The van der Waals surface area contributed by atoms with E-state index < -0.39 is 0 Å². The van der Waals surface area contributed by atoms with Gasteiger partial charge in [-0.25, -0.2) is 19.9 Å². The zero-order valence-electron chi connectivity index (χ0n) is 17.1. The highest BCUT2D eigenvalue weighted by molar-refractivity contribution is 7.21. The molecule has 33 heavy (non-hydrogen) atoms. The van der Waals surface area contributed by atoms with E-state index >= 15 is 0 Å². The molecule has 0 saturated carbocycles. The minimum atomic E-state index is 0.588. The lowest BCUT2D eigenvalue weighted by atomic mass is 10.1. The fourth-order valence-electron chi connectivity index (χ4n) is 3.52. The van der Waals surface area contributed by atoms with Crippen LogP contribution < -0.4 is 0 Å². The summed E-state index contributed by atoms with van der Waals surface area (Å²) in [4.78, 5) is 17.9. The number of H-pyrrole nitrogens is 1. The maximum atomic E-state index is 5.97. The Bertz CT molecular complexity index is 1520. The summed E-state index contributed by atoms with van der Waals surface area (Å²) in [6.45, 7) is 0. The number of pyridine rings is 1. The number of aromatic nitrogens is 6. The number of hydrogen-bond donors (Lipinski definition) is 1. The van der Waals surface area contributed by atoms with Crippen molar-refractivity contribution in [3.63, 3.8) is 0 Å². The number of hydrogen-bond acceptors (Lipinski definition) is 6. The summed E-state index contributed by atoms with van der Waals surface area (Å²) >= 11 is 7.60. The summed E-state index contributed by atoms with van der Waals surface area (Å²) in [5, 5.41) is 9.14. The van der Waals surface area contributed by atoms with Crippen molar-refractivity contribution in [1.82, 2.24) is 30.1 Å². The number of rotatable bonds is 4. The molecule has 0 fully saturated rings. The number of thiazole rings is 1. The third kappa shape index (κ3) is 3.88. The first kappa shape index (κ1) is 19.7. The molecule has 0 saturated heterocycles. The van der Waals surface area contributed by atoms with Gasteiger partial charge in [0.15, 0.2) is 11.5 Å². The van der Waals surface area contributed by atoms with Crippen molar-refractivity contribution in [2.75, 3.05) is 0 Å². The van der Waals surface area contributed by atoms with Crippen molar-refractivity contribution in [3.8, 4) is 44.5 Å². The quantitative estimate of drug-likeness (QED) is 0.319. The molecule has 6 nitrogen and oxygen atoms in total. The Morgan fingerprint density at radius 3 is 2.24 bits per heavy atom. The molecule has 0 aliphatic carbocycles. The molecule has 0 radical (unpaired) electrons. The normalized spacial score (nSPS) is 11.2. The molecule has 0 aliphatic rings. The number of halogens is 1. The van der Waals surface area contributed by atoms with Crippen LogP contribution in [0.5, 0.6) is 0 Å². The second-order valence-electron chi connectivity index (χ2n) is 7.39. The molecule has 0 unspecified atom stereocenters. The molecular formula is C25H15ClN6S. The van der Waals surface area contributed by atoms with Gasteiger partial charge in [0, 0.05) is 40.3 Å². The fourth-order valence-corrected chi connectivity index (χ4v) is 4.58. The Morgan fingerprint density at radius 1 is 0.758 bits per heavy atom. The molecule has 1 N–H and O–H groups in total. The number of fused-ring (bicyclic) bond motifs is 1. The molecule has 0 amide bonds. The van der Waals surface area contributed by atoms with Gasteiger partial charge in [-0.15, -0.1) is 11.3 Å². The summed E-state index contributed by atoms with van der Waals surface area (Å²) in [5.74, 6) is 0.588.